The van der Waals surface area contributed by atoms with Gasteiger partial charge in [-0.15, -0.1) is 0 Å². The molecule has 3 rings (SSSR count). The second-order valence-electron chi connectivity index (χ2n) is 5.25. The molecular formula is C14H17N5O3. The number of carboxylic acids is 1. The van der Waals surface area contributed by atoms with Crippen LogP contribution in [0.2, 0.25) is 0 Å². The van der Waals surface area contributed by atoms with Gasteiger partial charge in [-0.05, 0) is 18.9 Å². The van der Waals surface area contributed by atoms with Gasteiger partial charge in [0.1, 0.15) is 6.04 Å². The minimum Gasteiger partial charge on any atom is -0.476 e. The van der Waals surface area contributed by atoms with Crippen LogP contribution < -0.4 is 0 Å². The molecule has 0 fully saturated rings. The number of nitrogens with zero attached hydrogens (tertiary/aromatic N) is 4. The Bertz CT molecular complexity index is 691. The number of carbonyl (C=O) groups is 2. The van der Waals surface area contributed by atoms with Crippen molar-refractivity contribution in [3.8, 4) is 0 Å². The number of aromatic amines is 1. The zero-order valence-corrected chi connectivity index (χ0v) is 12.2. The molecule has 116 valence electrons. The molecule has 0 spiro atoms. The predicted octanol–water partition coefficient (Wildman–Crippen LogP) is 0.840. The third-order valence-electron chi connectivity index (χ3n) is 3.96. The van der Waals surface area contributed by atoms with Crippen LogP contribution in [0.3, 0.4) is 0 Å². The summed E-state index contributed by atoms with van der Waals surface area (Å²) in [5.74, 6) is -1.05. The standard InChI is InChI=1S/C14H17N5O3/c1-2-11(19-6-3-5-15-19)13(20)18-7-4-9-10(8-18)16-17-12(9)14(21)22/h3,5-6,11H,2,4,7-8H2,1H3,(H,16,17)(H,21,22). The van der Waals surface area contributed by atoms with Crippen LogP contribution in [-0.2, 0) is 17.8 Å². The van der Waals surface area contributed by atoms with Crippen LogP contribution in [0.25, 0.3) is 0 Å². The van der Waals surface area contributed by atoms with Crippen LogP contribution in [0.1, 0.15) is 41.1 Å². The molecule has 8 heteroatoms. The van der Waals surface area contributed by atoms with Gasteiger partial charge in [0.25, 0.3) is 0 Å². The zero-order valence-electron chi connectivity index (χ0n) is 12.2. The van der Waals surface area contributed by atoms with Gasteiger partial charge in [0.2, 0.25) is 5.91 Å². The molecule has 0 bridgehead atoms. The van der Waals surface area contributed by atoms with Crippen molar-refractivity contribution in [1.82, 2.24) is 24.9 Å². The van der Waals surface area contributed by atoms with Crippen molar-refractivity contribution in [2.75, 3.05) is 6.54 Å². The van der Waals surface area contributed by atoms with Crippen LogP contribution >= 0.6 is 0 Å². The van der Waals surface area contributed by atoms with Gasteiger partial charge in [0.05, 0.1) is 12.2 Å². The van der Waals surface area contributed by atoms with Gasteiger partial charge in [-0.2, -0.15) is 10.2 Å². The molecule has 1 amide bonds. The van der Waals surface area contributed by atoms with Crippen molar-refractivity contribution in [3.63, 3.8) is 0 Å². The molecule has 1 aliphatic rings. The average Bonchev–Trinajstić information content (AvgIpc) is 3.16. The maximum absolute atomic E-state index is 12.7. The molecule has 3 heterocycles. The highest BCUT2D eigenvalue weighted by atomic mass is 16.4. The third kappa shape index (κ3) is 2.36. The second-order valence-corrected chi connectivity index (χ2v) is 5.25. The Hall–Kier alpha value is -2.64. The van der Waals surface area contributed by atoms with Gasteiger partial charge in [-0.25, -0.2) is 4.79 Å². The Balaban J connectivity index is 1.79. The molecule has 8 nitrogen and oxygen atoms in total. The summed E-state index contributed by atoms with van der Waals surface area (Å²) < 4.78 is 1.66. The fraction of sp³-hybridized carbons (Fsp3) is 0.429. The summed E-state index contributed by atoms with van der Waals surface area (Å²) in [6, 6.07) is 1.46. The van der Waals surface area contributed by atoms with Gasteiger partial charge in [-0.1, -0.05) is 6.92 Å². The molecule has 2 aromatic heterocycles. The number of carbonyl (C=O) groups excluding carboxylic acids is 1. The topological polar surface area (TPSA) is 104 Å². The summed E-state index contributed by atoms with van der Waals surface area (Å²) in [7, 11) is 0. The van der Waals surface area contributed by atoms with Crippen LogP contribution in [0, 0.1) is 0 Å². The number of aromatic nitrogens is 4. The number of hydrogen-bond donors (Lipinski definition) is 2. The van der Waals surface area contributed by atoms with E-state index in [2.05, 4.69) is 15.3 Å². The molecule has 0 saturated carbocycles. The van der Waals surface area contributed by atoms with Crippen molar-refractivity contribution in [3.05, 3.63) is 35.4 Å². The summed E-state index contributed by atoms with van der Waals surface area (Å²) in [5.41, 5.74) is 1.46. The van der Waals surface area contributed by atoms with Crippen LogP contribution in [0.5, 0.6) is 0 Å². The summed E-state index contributed by atoms with van der Waals surface area (Å²) in [5, 5.41) is 19.8. The highest BCUT2D eigenvalue weighted by Gasteiger charge is 2.30. The quantitative estimate of drug-likeness (QED) is 0.871. The molecule has 1 unspecified atom stereocenters. The number of amides is 1. The van der Waals surface area contributed by atoms with Gasteiger partial charge >= 0.3 is 5.97 Å². The predicted molar refractivity (Wildman–Crippen MR) is 76.2 cm³/mol. The number of fused-ring (bicyclic) bond motifs is 1. The fourth-order valence-corrected chi connectivity index (χ4v) is 2.83. The van der Waals surface area contributed by atoms with Crippen LogP contribution in [-0.4, -0.2) is 48.4 Å². The molecule has 1 atom stereocenters. The molecule has 0 radical (unpaired) electrons. The Morgan fingerprint density at radius 3 is 2.95 bits per heavy atom. The first kappa shape index (κ1) is 14.3. The van der Waals surface area contributed by atoms with Crippen molar-refractivity contribution >= 4 is 11.9 Å². The molecule has 22 heavy (non-hydrogen) atoms. The largest absolute Gasteiger partial charge is 0.476 e. The van der Waals surface area contributed by atoms with E-state index in [4.69, 9.17) is 5.11 Å². The van der Waals surface area contributed by atoms with E-state index in [1.807, 2.05) is 6.92 Å². The van der Waals surface area contributed by atoms with Crippen LogP contribution in [0.4, 0.5) is 0 Å². The lowest BCUT2D eigenvalue weighted by Gasteiger charge is -2.30. The van der Waals surface area contributed by atoms with E-state index in [1.54, 1.807) is 28.0 Å². The lowest BCUT2D eigenvalue weighted by atomic mass is 10.0. The summed E-state index contributed by atoms with van der Waals surface area (Å²) >= 11 is 0. The molecule has 2 aromatic rings. The van der Waals surface area contributed by atoms with Gasteiger partial charge in [0, 0.05) is 24.5 Å². The first-order valence-electron chi connectivity index (χ1n) is 7.19. The number of H-pyrrole nitrogens is 1. The number of nitrogens with one attached hydrogen (secondary N) is 1. The number of carboxylic acid groups (broad SMARTS) is 1. The first-order chi connectivity index (χ1) is 10.6. The zero-order chi connectivity index (χ0) is 15.7. The monoisotopic (exact) mass is 303 g/mol. The summed E-state index contributed by atoms with van der Waals surface area (Å²) in [6.07, 6.45) is 4.57. The SMILES string of the molecule is CCC(C(=O)N1CCc2c(C(=O)O)n[nH]c2C1)n1cccn1. The van der Waals surface area contributed by atoms with Gasteiger partial charge in [-0.3, -0.25) is 14.6 Å². The Morgan fingerprint density at radius 2 is 2.32 bits per heavy atom. The van der Waals surface area contributed by atoms with E-state index in [9.17, 15) is 9.59 Å². The molecule has 2 N–H and O–H groups in total. The van der Waals surface area contributed by atoms with Gasteiger partial charge in [0.15, 0.2) is 5.69 Å². The van der Waals surface area contributed by atoms with Crippen LogP contribution in [0.15, 0.2) is 18.5 Å². The maximum atomic E-state index is 12.7. The molecule has 0 aromatic carbocycles. The highest BCUT2D eigenvalue weighted by Crippen LogP contribution is 2.23. The summed E-state index contributed by atoms with van der Waals surface area (Å²) in [6.45, 7) is 2.79. The normalized spacial score (nSPS) is 15.4. The number of aromatic carboxylic acids is 1. The smallest absolute Gasteiger partial charge is 0.356 e. The molecule has 1 aliphatic heterocycles. The maximum Gasteiger partial charge on any atom is 0.356 e. The van der Waals surface area contributed by atoms with E-state index in [-0.39, 0.29) is 17.6 Å². The third-order valence-corrected chi connectivity index (χ3v) is 3.96. The average molecular weight is 303 g/mol. The first-order valence-corrected chi connectivity index (χ1v) is 7.19. The van der Waals surface area contributed by atoms with E-state index in [0.29, 0.717) is 37.2 Å². The molecule has 0 aliphatic carbocycles. The van der Waals surface area contributed by atoms with E-state index >= 15 is 0 Å². The van der Waals surface area contributed by atoms with Crippen molar-refractivity contribution in [2.24, 2.45) is 0 Å². The minimum absolute atomic E-state index is 0.0108. The number of hydrogen-bond acceptors (Lipinski definition) is 4. The Morgan fingerprint density at radius 1 is 1.50 bits per heavy atom. The summed E-state index contributed by atoms with van der Waals surface area (Å²) in [4.78, 5) is 25.5. The molecule has 0 saturated heterocycles. The van der Waals surface area contributed by atoms with Crippen molar-refractivity contribution in [1.29, 1.82) is 0 Å². The number of rotatable bonds is 4. The minimum atomic E-state index is -1.04. The van der Waals surface area contributed by atoms with E-state index < -0.39 is 5.97 Å². The van der Waals surface area contributed by atoms with E-state index in [1.165, 1.54) is 0 Å². The lowest BCUT2D eigenvalue weighted by Crippen LogP contribution is -2.40. The Labute approximate surface area is 126 Å². The van der Waals surface area contributed by atoms with Crippen molar-refractivity contribution in [2.45, 2.75) is 32.4 Å². The second kappa shape index (κ2) is 5.63. The Kier molecular flexibility index (Phi) is 3.66. The van der Waals surface area contributed by atoms with Gasteiger partial charge < -0.3 is 10.0 Å². The fourth-order valence-electron chi connectivity index (χ4n) is 2.83. The van der Waals surface area contributed by atoms with E-state index in [0.717, 1.165) is 0 Å². The van der Waals surface area contributed by atoms with Crippen molar-refractivity contribution < 1.29 is 14.7 Å². The highest BCUT2D eigenvalue weighted by molar-refractivity contribution is 5.87. The molecular weight excluding hydrogens is 286 g/mol. The lowest BCUT2D eigenvalue weighted by molar-refractivity contribution is -0.136.